The summed E-state index contributed by atoms with van der Waals surface area (Å²) in [6, 6.07) is 0. The van der Waals surface area contributed by atoms with Crippen molar-refractivity contribution < 1.29 is 109 Å². The molecule has 0 aromatic carbocycles. The van der Waals surface area contributed by atoms with Crippen LogP contribution in [0.3, 0.4) is 0 Å². The number of fused-ring (bicyclic) bond motifs is 7. The first kappa shape index (κ1) is 57.1. The van der Waals surface area contributed by atoms with Crippen LogP contribution in [0.5, 0.6) is 0 Å². The number of hydrogen-bond donors (Lipinski definition) is 12. The van der Waals surface area contributed by atoms with E-state index in [4.69, 9.17) is 47.4 Å². The van der Waals surface area contributed by atoms with E-state index in [-0.39, 0.29) is 41.5 Å². The molecule has 3 saturated carbocycles. The Kier molecular flexibility index (Phi) is 17.4. The van der Waals surface area contributed by atoms with Gasteiger partial charge in [-0.05, 0) is 112 Å². The molecule has 74 heavy (non-hydrogen) atoms. The monoisotopic (exact) mass is 1060 g/mol. The lowest BCUT2D eigenvalue weighted by atomic mass is 9.47. The Hall–Kier alpha value is -1.56. The summed E-state index contributed by atoms with van der Waals surface area (Å²) in [7, 11) is 1.67. The fourth-order valence-electron chi connectivity index (χ4n) is 14.8. The molecule has 4 aliphatic carbocycles. The summed E-state index contributed by atoms with van der Waals surface area (Å²) in [4.78, 5) is 0. The maximum atomic E-state index is 12.1. The van der Waals surface area contributed by atoms with Crippen LogP contribution in [0.25, 0.3) is 0 Å². The molecule has 4 saturated heterocycles. The Morgan fingerprint density at radius 1 is 0.662 bits per heavy atom. The maximum Gasteiger partial charge on any atom is 0.187 e. The van der Waals surface area contributed by atoms with E-state index in [0.29, 0.717) is 37.0 Å². The van der Waals surface area contributed by atoms with E-state index < -0.39 is 142 Å². The lowest BCUT2D eigenvalue weighted by Crippen LogP contribution is -2.66. The molecule has 22 heteroatoms. The molecular formula is C52H84O22. The van der Waals surface area contributed by atoms with E-state index in [2.05, 4.69) is 26.8 Å². The van der Waals surface area contributed by atoms with E-state index in [1.54, 1.807) is 7.11 Å². The predicted octanol–water partition coefficient (Wildman–Crippen LogP) is -1.41. The summed E-state index contributed by atoms with van der Waals surface area (Å²) in [6.45, 7) is 10.9. The first-order chi connectivity index (χ1) is 35.1. The number of aliphatic hydroxyl groups excluding tert-OH is 12. The van der Waals surface area contributed by atoms with Gasteiger partial charge in [0.25, 0.3) is 0 Å². The smallest absolute Gasteiger partial charge is 0.187 e. The van der Waals surface area contributed by atoms with Crippen LogP contribution in [0.4, 0.5) is 0 Å². The molecule has 5 aliphatic heterocycles. The fourth-order valence-corrected chi connectivity index (χ4v) is 14.8. The zero-order valence-corrected chi connectivity index (χ0v) is 43.5. The van der Waals surface area contributed by atoms with E-state index in [1.165, 1.54) is 25.0 Å². The summed E-state index contributed by atoms with van der Waals surface area (Å²) in [6.07, 6.45) is -20.7. The fraction of sp³-hybridized carbons (Fsp3) is 0.923. The predicted molar refractivity (Wildman–Crippen MR) is 254 cm³/mol. The Balaban J connectivity index is 0.865. The molecule has 5 heterocycles. The highest BCUT2D eigenvalue weighted by Crippen LogP contribution is 2.69. The van der Waals surface area contributed by atoms with Crippen molar-refractivity contribution in [3.05, 3.63) is 23.0 Å². The standard InChI is InChI=1S/C52H84O22/c1-20(19-66-47-40(61)39(60)36(57)31(17-53)71-47)14-30(65-7)44-21(2)33-29(70-44)16-28-26-9-8-24-15-25(10-12-51(24,5)27(26)11-13-52(28,33)6)69-50-46(74-49-42(63)38(59)35(56)23(4)68-49)43(64)45(32(18-54)72-50)73-48-41(62)37(58)34(55)22(3)67-48/h8,20,22-23,25-43,45-50,53-64H,9-19H2,1-7H3/t20-,22-,23-,25+,26+,27+,28-,29+,30-,31-,32-,33+,34-,35-,36-,37+,38+,39+,40-,41-,42-,43+,45-,46-,47-,48+,49+,50-,51+,52+/m0/s1. The quantitative estimate of drug-likeness (QED) is 0.0839. The van der Waals surface area contributed by atoms with Crippen molar-refractivity contribution in [2.24, 2.45) is 40.4 Å². The molecule has 7 fully saturated rings. The first-order valence-electron chi connectivity index (χ1n) is 26.9. The van der Waals surface area contributed by atoms with Gasteiger partial charge < -0.3 is 109 Å². The molecule has 0 bridgehead atoms. The lowest BCUT2D eigenvalue weighted by molar-refractivity contribution is -0.388. The highest BCUT2D eigenvalue weighted by Gasteiger charge is 2.64. The van der Waals surface area contributed by atoms with E-state index in [0.717, 1.165) is 37.9 Å². The van der Waals surface area contributed by atoms with Crippen LogP contribution in [-0.2, 0) is 47.4 Å². The highest BCUT2D eigenvalue weighted by atomic mass is 16.8. The van der Waals surface area contributed by atoms with E-state index >= 15 is 0 Å². The molecule has 0 aromatic heterocycles. The first-order valence-corrected chi connectivity index (χ1v) is 26.9. The molecule has 0 aromatic rings. The number of methoxy groups -OCH3 is 1. The zero-order valence-electron chi connectivity index (χ0n) is 43.5. The molecule has 12 N–H and O–H groups in total. The van der Waals surface area contributed by atoms with E-state index in [9.17, 15) is 61.3 Å². The second-order valence-electron chi connectivity index (χ2n) is 23.6. The van der Waals surface area contributed by atoms with Crippen molar-refractivity contribution in [2.75, 3.05) is 26.9 Å². The van der Waals surface area contributed by atoms with Crippen molar-refractivity contribution in [1.82, 2.24) is 0 Å². The molecule has 9 aliphatic rings. The largest absolute Gasteiger partial charge is 0.491 e. The molecule has 30 atom stereocenters. The van der Waals surface area contributed by atoms with Gasteiger partial charge in [0.15, 0.2) is 25.2 Å². The molecule has 0 unspecified atom stereocenters. The average molecular weight is 1060 g/mol. The number of hydrogen-bond acceptors (Lipinski definition) is 22. The van der Waals surface area contributed by atoms with Gasteiger partial charge in [0.1, 0.15) is 103 Å². The molecule has 22 nitrogen and oxygen atoms in total. The topological polar surface area (TPSA) is 335 Å². The van der Waals surface area contributed by atoms with E-state index in [1.807, 2.05) is 6.92 Å². The molecule has 424 valence electrons. The van der Waals surface area contributed by atoms with Crippen LogP contribution >= 0.6 is 0 Å². The van der Waals surface area contributed by atoms with Crippen molar-refractivity contribution in [1.29, 1.82) is 0 Å². The molecule has 0 radical (unpaired) electrons. The second kappa shape index (κ2) is 22.5. The van der Waals surface area contributed by atoms with Gasteiger partial charge in [-0.2, -0.15) is 0 Å². The maximum absolute atomic E-state index is 12.1. The minimum atomic E-state index is -1.74. The second-order valence-corrected chi connectivity index (χ2v) is 23.6. The van der Waals surface area contributed by atoms with Crippen LogP contribution in [-0.4, -0.2) is 229 Å². The molecule has 0 amide bonds. The van der Waals surface area contributed by atoms with Gasteiger partial charge in [-0.15, -0.1) is 0 Å². The molecule has 0 spiro atoms. The summed E-state index contributed by atoms with van der Waals surface area (Å²) < 4.78 is 61.1. The van der Waals surface area contributed by atoms with Crippen LogP contribution in [0.15, 0.2) is 23.0 Å². The third kappa shape index (κ3) is 10.2. The van der Waals surface area contributed by atoms with Crippen molar-refractivity contribution >= 4 is 0 Å². The van der Waals surface area contributed by atoms with Crippen LogP contribution in [0, 0.1) is 40.4 Å². The summed E-state index contributed by atoms with van der Waals surface area (Å²) >= 11 is 0. The lowest BCUT2D eigenvalue weighted by Gasteiger charge is -2.58. The SMILES string of the molecule is CO[C@@H](C[C@H](C)CO[C@H]1O[C@@H](CO)[C@H](O)[C@@H](O)[C@@H]1O)C1=C(C)[C@@H]2[C@@H](C[C@H]3[C@@H]4CC=C5C[C@H](O[C@H]6O[C@@H](CO)[C@H](O[C@H]7O[C@@H](C)[C@H](O)[C@@H](O)[C@@H]7O)[C@@H](O)[C@@H]6O[C@H]6O[C@@H](C)[C@H](O)[C@@H](O)[C@@H]6O)CC[C@@]5(C)[C@@H]4CC[C@@]23C)O1. The number of ether oxygens (including phenoxy) is 10. The minimum Gasteiger partial charge on any atom is -0.491 e. The molecular weight excluding hydrogens is 977 g/mol. The Bertz CT molecular complexity index is 1980. The Morgan fingerprint density at radius 3 is 1.88 bits per heavy atom. The minimum absolute atomic E-state index is 0.00312. The van der Waals surface area contributed by atoms with Gasteiger partial charge in [0.05, 0.1) is 38.1 Å². The van der Waals surface area contributed by atoms with Gasteiger partial charge >= 0.3 is 0 Å². The highest BCUT2D eigenvalue weighted by molar-refractivity contribution is 5.31. The third-order valence-electron chi connectivity index (χ3n) is 19.1. The van der Waals surface area contributed by atoms with Crippen LogP contribution < -0.4 is 0 Å². The van der Waals surface area contributed by atoms with Gasteiger partial charge in [-0.1, -0.05) is 32.4 Å². The van der Waals surface area contributed by atoms with Gasteiger partial charge in [-0.25, -0.2) is 0 Å². The Labute approximate surface area is 432 Å². The van der Waals surface area contributed by atoms with Crippen molar-refractivity contribution in [3.8, 4) is 0 Å². The van der Waals surface area contributed by atoms with Gasteiger partial charge in [0, 0.05) is 13.0 Å². The normalized spacial score (nSPS) is 52.3. The van der Waals surface area contributed by atoms with Gasteiger partial charge in [0.2, 0.25) is 0 Å². The summed E-state index contributed by atoms with van der Waals surface area (Å²) in [5.74, 6) is 2.26. The van der Waals surface area contributed by atoms with Crippen LogP contribution in [0.1, 0.15) is 92.9 Å². The zero-order chi connectivity index (χ0) is 53.5. The number of rotatable bonds is 15. The van der Waals surface area contributed by atoms with Crippen molar-refractivity contribution in [3.63, 3.8) is 0 Å². The third-order valence-corrected chi connectivity index (χ3v) is 19.1. The van der Waals surface area contributed by atoms with Crippen LogP contribution in [0.2, 0.25) is 0 Å². The summed E-state index contributed by atoms with van der Waals surface area (Å²) in [5, 5.41) is 127. The number of aliphatic hydroxyl groups is 12. The van der Waals surface area contributed by atoms with Gasteiger partial charge in [-0.3, -0.25) is 0 Å². The Morgan fingerprint density at radius 2 is 1.26 bits per heavy atom. The average Bonchev–Trinajstić information content (AvgIpc) is 3.88. The number of allylic oxidation sites excluding steroid dienone is 1. The summed E-state index contributed by atoms with van der Waals surface area (Å²) in [5.41, 5.74) is 2.37. The van der Waals surface area contributed by atoms with Crippen molar-refractivity contribution in [2.45, 2.75) is 234 Å². The molecule has 9 rings (SSSR count).